The van der Waals surface area contributed by atoms with Gasteiger partial charge in [-0.05, 0) is 6.92 Å². The van der Waals surface area contributed by atoms with Crippen LogP contribution >= 0.6 is 0 Å². The smallest absolute Gasteiger partial charge is 0.272 e. The second kappa shape index (κ2) is 2.91. The molecular weight excluding hydrogens is 122 g/mol. The van der Waals surface area contributed by atoms with Crippen LogP contribution in [-0.4, -0.2) is 17.7 Å². The number of hydrogen-bond acceptors (Lipinski definition) is 4. The van der Waals surface area contributed by atoms with Crippen molar-refractivity contribution < 1.29 is 9.59 Å². The van der Waals surface area contributed by atoms with Crippen molar-refractivity contribution in [1.82, 2.24) is 5.73 Å². The molecule has 0 aliphatic carbocycles. The van der Waals surface area contributed by atoms with Gasteiger partial charge in [0.05, 0.1) is 0 Å². The van der Waals surface area contributed by atoms with Gasteiger partial charge in [0.1, 0.15) is 0 Å². The van der Waals surface area contributed by atoms with Gasteiger partial charge in [-0.3, -0.25) is 15.3 Å². The standard InChI is InChI=1S/C4H6N3O2/c1-2(8)3(7-6)4(5)9/h3,5-6H,1H3. The van der Waals surface area contributed by atoms with E-state index in [1.54, 1.807) is 0 Å². The van der Waals surface area contributed by atoms with E-state index < -0.39 is 17.7 Å². The molecule has 1 radical (unpaired) electrons. The lowest BCUT2D eigenvalue weighted by atomic mass is 10.2. The Morgan fingerprint density at radius 3 is 2.00 bits per heavy atom. The molecule has 0 fully saturated rings. The quantitative estimate of drug-likeness (QED) is 0.420. The predicted octanol–water partition coefficient (Wildman–Crippen LogP) is -0.216. The summed E-state index contributed by atoms with van der Waals surface area (Å²) in [7, 11) is 0. The molecule has 2 N–H and O–H groups in total. The lowest BCUT2D eigenvalue weighted by Gasteiger charge is -1.96. The second-order valence-corrected chi connectivity index (χ2v) is 1.51. The number of carbonyl (C=O) groups is 2. The van der Waals surface area contributed by atoms with Crippen molar-refractivity contribution >= 4 is 11.7 Å². The maximum Gasteiger partial charge on any atom is 0.272 e. The van der Waals surface area contributed by atoms with Crippen molar-refractivity contribution in [3.8, 4) is 0 Å². The number of ketones is 1. The molecule has 0 aliphatic heterocycles. The highest BCUT2D eigenvalue weighted by molar-refractivity contribution is 6.03. The second-order valence-electron chi connectivity index (χ2n) is 1.51. The molecule has 0 saturated carbocycles. The molecule has 0 spiro atoms. The summed E-state index contributed by atoms with van der Waals surface area (Å²) in [6.45, 7) is 1.12. The van der Waals surface area contributed by atoms with Crippen LogP contribution in [0.25, 0.3) is 0 Å². The van der Waals surface area contributed by atoms with Crippen LogP contribution in [0.1, 0.15) is 6.92 Å². The highest BCUT2D eigenvalue weighted by atomic mass is 16.2. The van der Waals surface area contributed by atoms with Crippen LogP contribution in [0, 0.1) is 5.53 Å². The van der Waals surface area contributed by atoms with Crippen LogP contribution in [0.3, 0.4) is 0 Å². The van der Waals surface area contributed by atoms with Crippen molar-refractivity contribution in [1.29, 1.82) is 5.53 Å². The molecule has 0 aromatic rings. The molecule has 49 valence electrons. The van der Waals surface area contributed by atoms with Gasteiger partial charge in [-0.25, -0.2) is 5.53 Å². The third-order valence-electron chi connectivity index (χ3n) is 0.763. The minimum Gasteiger partial charge on any atom is -0.297 e. The predicted molar refractivity (Wildman–Crippen MR) is 27.7 cm³/mol. The van der Waals surface area contributed by atoms with Gasteiger partial charge in [-0.1, -0.05) is 0 Å². The van der Waals surface area contributed by atoms with Gasteiger partial charge in [-0.15, -0.1) is 0 Å². The van der Waals surface area contributed by atoms with E-state index in [2.05, 4.69) is 5.11 Å². The zero-order valence-electron chi connectivity index (χ0n) is 4.84. The Labute approximate surface area is 51.7 Å². The van der Waals surface area contributed by atoms with Gasteiger partial charge < -0.3 is 0 Å². The molecule has 0 aliphatic rings. The van der Waals surface area contributed by atoms with Crippen LogP contribution in [0.2, 0.25) is 0 Å². The molecule has 5 heteroatoms. The maximum absolute atomic E-state index is 10.3. The SMILES string of the molecule is CC(=O)C(N=N)C([NH])=O. The molecule has 0 heterocycles. The van der Waals surface area contributed by atoms with E-state index in [-0.39, 0.29) is 0 Å². The van der Waals surface area contributed by atoms with Crippen LogP contribution in [0.5, 0.6) is 0 Å². The molecule has 0 rings (SSSR count). The Kier molecular flexibility index (Phi) is 2.50. The average molecular weight is 128 g/mol. The maximum atomic E-state index is 10.3. The first-order chi connectivity index (χ1) is 4.09. The van der Waals surface area contributed by atoms with Gasteiger partial charge in [-0.2, -0.15) is 5.11 Å². The fourth-order valence-electron chi connectivity index (χ4n) is 0.334. The van der Waals surface area contributed by atoms with Gasteiger partial charge >= 0.3 is 0 Å². The normalized spacial score (nSPS) is 12.1. The Hall–Kier alpha value is -1.26. The summed E-state index contributed by atoms with van der Waals surface area (Å²) in [5.41, 5.74) is 12.7. The van der Waals surface area contributed by atoms with Crippen LogP contribution in [0.15, 0.2) is 5.11 Å². The summed E-state index contributed by atoms with van der Waals surface area (Å²) in [5.74, 6) is -1.69. The molecule has 1 atom stereocenters. The lowest BCUT2D eigenvalue weighted by molar-refractivity contribution is -0.127. The number of hydrogen-bond donors (Lipinski definition) is 1. The summed E-state index contributed by atoms with van der Waals surface area (Å²) in [4.78, 5) is 20.3. The Balaban J connectivity index is 4.16. The molecule has 5 nitrogen and oxygen atoms in total. The third-order valence-corrected chi connectivity index (χ3v) is 0.763. The zero-order chi connectivity index (χ0) is 7.44. The minimum atomic E-state index is -1.40. The van der Waals surface area contributed by atoms with Crippen molar-refractivity contribution in [2.24, 2.45) is 5.11 Å². The first kappa shape index (κ1) is 7.74. The summed E-state index contributed by atoms with van der Waals surface area (Å²) in [6, 6.07) is -1.40. The van der Waals surface area contributed by atoms with Gasteiger partial charge in [0.2, 0.25) is 6.04 Å². The van der Waals surface area contributed by atoms with Crippen molar-refractivity contribution in [3.05, 3.63) is 0 Å². The fourth-order valence-corrected chi connectivity index (χ4v) is 0.334. The van der Waals surface area contributed by atoms with Crippen molar-refractivity contribution in [2.75, 3.05) is 0 Å². The summed E-state index contributed by atoms with van der Waals surface area (Å²) < 4.78 is 0. The number of Topliss-reactive ketones (excluding diaryl/α,β-unsaturated/α-hetero) is 1. The fraction of sp³-hybridized carbons (Fsp3) is 0.500. The van der Waals surface area contributed by atoms with Crippen molar-refractivity contribution in [3.63, 3.8) is 0 Å². The molecule has 0 aromatic heterocycles. The summed E-state index contributed by atoms with van der Waals surface area (Å²) in [6.07, 6.45) is 0. The molecular formula is C4H6N3O2. The molecule has 1 unspecified atom stereocenters. The molecule has 0 aromatic carbocycles. The highest BCUT2D eigenvalue weighted by Crippen LogP contribution is 1.90. The number of carbonyl (C=O) groups excluding carboxylic acids is 2. The Morgan fingerprint density at radius 1 is 1.56 bits per heavy atom. The average Bonchev–Trinajstić information content (AvgIpc) is 1.64. The molecule has 0 bridgehead atoms. The van der Waals surface area contributed by atoms with Crippen molar-refractivity contribution in [2.45, 2.75) is 13.0 Å². The van der Waals surface area contributed by atoms with Gasteiger partial charge in [0.25, 0.3) is 5.91 Å². The van der Waals surface area contributed by atoms with E-state index in [1.807, 2.05) is 0 Å². The van der Waals surface area contributed by atoms with E-state index in [0.29, 0.717) is 0 Å². The highest BCUT2D eigenvalue weighted by Gasteiger charge is 2.19. The van der Waals surface area contributed by atoms with E-state index in [0.717, 1.165) is 6.92 Å². The van der Waals surface area contributed by atoms with Gasteiger partial charge in [0.15, 0.2) is 5.78 Å². The topological polar surface area (TPSA) is 94.2 Å². The first-order valence-electron chi connectivity index (χ1n) is 2.22. The number of nitrogens with one attached hydrogen (secondary N) is 2. The third kappa shape index (κ3) is 1.98. The van der Waals surface area contributed by atoms with E-state index in [4.69, 9.17) is 11.3 Å². The summed E-state index contributed by atoms with van der Waals surface area (Å²) >= 11 is 0. The Morgan fingerprint density at radius 2 is 2.00 bits per heavy atom. The van der Waals surface area contributed by atoms with E-state index in [1.165, 1.54) is 0 Å². The van der Waals surface area contributed by atoms with Crippen LogP contribution in [-0.2, 0) is 9.59 Å². The zero-order valence-corrected chi connectivity index (χ0v) is 4.84. The monoisotopic (exact) mass is 128 g/mol. The van der Waals surface area contributed by atoms with Gasteiger partial charge in [0, 0.05) is 0 Å². The Bertz CT molecular complexity index is 140. The first-order valence-corrected chi connectivity index (χ1v) is 2.22. The molecule has 0 saturated heterocycles. The van der Waals surface area contributed by atoms with E-state index >= 15 is 0 Å². The number of rotatable bonds is 3. The largest absolute Gasteiger partial charge is 0.297 e. The van der Waals surface area contributed by atoms with Crippen LogP contribution < -0.4 is 5.73 Å². The van der Waals surface area contributed by atoms with E-state index in [9.17, 15) is 9.59 Å². The lowest BCUT2D eigenvalue weighted by Crippen LogP contribution is -2.26. The number of nitrogens with zero attached hydrogens (tertiary/aromatic N) is 1. The minimum absolute atomic E-state index is 0.565. The summed E-state index contributed by atoms with van der Waals surface area (Å²) in [5, 5.41) is 2.65. The molecule has 1 amide bonds. The molecule has 9 heavy (non-hydrogen) atoms. The number of amides is 1. The van der Waals surface area contributed by atoms with Crippen LogP contribution in [0.4, 0.5) is 0 Å².